The lowest BCUT2D eigenvalue weighted by molar-refractivity contribution is -0.156. The normalized spacial score (nSPS) is 18.7. The van der Waals surface area contributed by atoms with Crippen LogP contribution < -0.4 is 5.32 Å². The first-order valence-corrected chi connectivity index (χ1v) is 6.77. The minimum absolute atomic E-state index is 0.0311. The monoisotopic (exact) mass is 300 g/mol. The summed E-state index contributed by atoms with van der Waals surface area (Å²) < 4.78 is 45.6. The van der Waals surface area contributed by atoms with Gasteiger partial charge >= 0.3 is 6.18 Å². The van der Waals surface area contributed by atoms with Crippen molar-refractivity contribution >= 4 is 0 Å². The van der Waals surface area contributed by atoms with Gasteiger partial charge in [-0.1, -0.05) is 0 Å². The van der Waals surface area contributed by atoms with E-state index < -0.39 is 12.1 Å². The molecule has 114 valence electrons. The Kier molecular flexibility index (Phi) is 3.71. The molecule has 0 spiro atoms. The van der Waals surface area contributed by atoms with Gasteiger partial charge in [-0.25, -0.2) is 0 Å². The highest BCUT2D eigenvalue weighted by atomic mass is 19.4. The molecule has 0 unspecified atom stereocenters. The Bertz CT molecular complexity index is 591. The van der Waals surface area contributed by atoms with E-state index in [9.17, 15) is 13.2 Å². The Morgan fingerprint density at radius 2 is 2.19 bits per heavy atom. The molecule has 0 aliphatic carbocycles. The Hall–Kier alpha value is -1.83. The van der Waals surface area contributed by atoms with E-state index in [0.29, 0.717) is 31.9 Å². The van der Waals surface area contributed by atoms with Gasteiger partial charge in [-0.15, -0.1) is 10.2 Å². The second-order valence-corrected chi connectivity index (χ2v) is 5.05. The molecule has 0 saturated heterocycles. The SMILES string of the molecule is FC(F)(F)[C@H]1CCCn2c(CNCc3ccco3)nnc21. The van der Waals surface area contributed by atoms with Crippen molar-refractivity contribution in [1.82, 2.24) is 20.1 Å². The first-order valence-electron chi connectivity index (χ1n) is 6.77. The second kappa shape index (κ2) is 5.51. The van der Waals surface area contributed by atoms with Gasteiger partial charge in [0.2, 0.25) is 0 Å². The van der Waals surface area contributed by atoms with E-state index in [2.05, 4.69) is 15.5 Å². The van der Waals surface area contributed by atoms with Gasteiger partial charge in [0.25, 0.3) is 0 Å². The van der Waals surface area contributed by atoms with E-state index in [1.807, 2.05) is 6.07 Å². The lowest BCUT2D eigenvalue weighted by Crippen LogP contribution is -2.29. The third-order valence-electron chi connectivity index (χ3n) is 3.60. The van der Waals surface area contributed by atoms with Crippen LogP contribution in [0.4, 0.5) is 13.2 Å². The van der Waals surface area contributed by atoms with Crippen molar-refractivity contribution in [1.29, 1.82) is 0 Å². The number of furan rings is 1. The van der Waals surface area contributed by atoms with E-state index in [1.54, 1.807) is 16.9 Å². The number of nitrogens with one attached hydrogen (secondary N) is 1. The first kappa shape index (κ1) is 14.1. The number of fused-ring (bicyclic) bond motifs is 1. The van der Waals surface area contributed by atoms with Crippen LogP contribution in [-0.4, -0.2) is 20.9 Å². The van der Waals surface area contributed by atoms with Crippen molar-refractivity contribution in [3.05, 3.63) is 35.8 Å². The number of halogens is 3. The van der Waals surface area contributed by atoms with Gasteiger partial charge in [-0.2, -0.15) is 13.2 Å². The summed E-state index contributed by atoms with van der Waals surface area (Å²) in [7, 11) is 0. The molecule has 0 fully saturated rings. The van der Waals surface area contributed by atoms with Crippen molar-refractivity contribution in [2.24, 2.45) is 0 Å². The molecule has 8 heteroatoms. The van der Waals surface area contributed by atoms with Crippen molar-refractivity contribution < 1.29 is 17.6 Å². The average Bonchev–Trinajstić information content (AvgIpc) is 3.07. The van der Waals surface area contributed by atoms with Crippen LogP contribution in [-0.2, 0) is 19.6 Å². The van der Waals surface area contributed by atoms with Crippen molar-refractivity contribution in [2.75, 3.05) is 0 Å². The summed E-state index contributed by atoms with van der Waals surface area (Å²) in [4.78, 5) is 0. The van der Waals surface area contributed by atoms with Crippen LogP contribution in [0.25, 0.3) is 0 Å². The quantitative estimate of drug-likeness (QED) is 0.943. The number of hydrogen-bond donors (Lipinski definition) is 1. The smallest absolute Gasteiger partial charge is 0.398 e. The minimum Gasteiger partial charge on any atom is -0.468 e. The largest absolute Gasteiger partial charge is 0.468 e. The molecule has 0 radical (unpaired) electrons. The molecule has 2 aromatic rings. The van der Waals surface area contributed by atoms with Gasteiger partial charge in [0.05, 0.1) is 19.4 Å². The van der Waals surface area contributed by atoms with Gasteiger partial charge in [-0.05, 0) is 25.0 Å². The molecule has 0 saturated carbocycles. The molecule has 5 nitrogen and oxygen atoms in total. The fourth-order valence-corrected chi connectivity index (χ4v) is 2.58. The molecule has 1 aliphatic rings. The van der Waals surface area contributed by atoms with E-state index in [0.717, 1.165) is 5.76 Å². The van der Waals surface area contributed by atoms with Crippen LogP contribution in [0, 0.1) is 0 Å². The predicted molar refractivity (Wildman–Crippen MR) is 67.3 cm³/mol. The third kappa shape index (κ3) is 2.94. The zero-order chi connectivity index (χ0) is 14.9. The standard InChI is InChI=1S/C13H15F3N4O/c14-13(15,16)10-4-1-5-20-11(18-19-12(10)20)8-17-7-9-3-2-6-21-9/h2-3,6,10,17H,1,4-5,7-8H2/t10-/m0/s1. The molecule has 0 bridgehead atoms. The van der Waals surface area contributed by atoms with E-state index in [4.69, 9.17) is 4.42 Å². The molecule has 0 aromatic carbocycles. The first-order chi connectivity index (χ1) is 10.1. The molecule has 0 amide bonds. The second-order valence-electron chi connectivity index (χ2n) is 5.05. The Morgan fingerprint density at radius 1 is 1.33 bits per heavy atom. The fraction of sp³-hybridized carbons (Fsp3) is 0.538. The van der Waals surface area contributed by atoms with E-state index >= 15 is 0 Å². The number of hydrogen-bond acceptors (Lipinski definition) is 4. The van der Waals surface area contributed by atoms with Gasteiger partial charge in [0.15, 0.2) is 0 Å². The van der Waals surface area contributed by atoms with Gasteiger partial charge in [0, 0.05) is 6.54 Å². The van der Waals surface area contributed by atoms with Crippen molar-refractivity contribution in [3.8, 4) is 0 Å². The van der Waals surface area contributed by atoms with Crippen LogP contribution in [0.2, 0.25) is 0 Å². The summed E-state index contributed by atoms with van der Waals surface area (Å²) in [6, 6.07) is 3.61. The summed E-state index contributed by atoms with van der Waals surface area (Å²) in [5.41, 5.74) is 0. The molecular weight excluding hydrogens is 285 g/mol. The van der Waals surface area contributed by atoms with Crippen LogP contribution in [0.5, 0.6) is 0 Å². The molecule has 3 rings (SSSR count). The van der Waals surface area contributed by atoms with Crippen molar-refractivity contribution in [3.63, 3.8) is 0 Å². The summed E-state index contributed by atoms with van der Waals surface area (Å²) >= 11 is 0. The maximum absolute atomic E-state index is 13.0. The highest BCUT2D eigenvalue weighted by Crippen LogP contribution is 2.40. The molecular formula is C13H15F3N4O. The summed E-state index contributed by atoms with van der Waals surface area (Å²) in [5, 5.41) is 10.7. The molecule has 1 N–H and O–H groups in total. The molecule has 2 aromatic heterocycles. The van der Waals surface area contributed by atoms with Crippen LogP contribution >= 0.6 is 0 Å². The Morgan fingerprint density at radius 3 is 2.90 bits per heavy atom. The maximum Gasteiger partial charge on any atom is 0.398 e. The summed E-state index contributed by atoms with van der Waals surface area (Å²) in [5.74, 6) is -0.173. The van der Waals surface area contributed by atoms with Crippen LogP contribution in [0.1, 0.15) is 36.2 Å². The molecule has 1 aliphatic heterocycles. The number of alkyl halides is 3. The average molecular weight is 300 g/mol. The number of rotatable bonds is 4. The highest BCUT2D eigenvalue weighted by Gasteiger charge is 2.45. The van der Waals surface area contributed by atoms with Gasteiger partial charge < -0.3 is 14.3 Å². The zero-order valence-electron chi connectivity index (χ0n) is 11.2. The lowest BCUT2D eigenvalue weighted by Gasteiger charge is -2.25. The maximum atomic E-state index is 13.0. The number of aromatic nitrogens is 3. The molecule has 3 heterocycles. The Labute approximate surface area is 119 Å². The third-order valence-corrected chi connectivity index (χ3v) is 3.60. The minimum atomic E-state index is -4.26. The van der Waals surface area contributed by atoms with E-state index in [-0.39, 0.29) is 12.2 Å². The number of nitrogens with zero attached hydrogens (tertiary/aromatic N) is 3. The summed E-state index contributed by atoms with van der Waals surface area (Å²) in [6.07, 6.45) is -2.12. The molecule has 21 heavy (non-hydrogen) atoms. The van der Waals surface area contributed by atoms with Crippen LogP contribution in [0.3, 0.4) is 0 Å². The van der Waals surface area contributed by atoms with Gasteiger partial charge in [-0.3, -0.25) is 0 Å². The summed E-state index contributed by atoms with van der Waals surface area (Å²) in [6.45, 7) is 1.39. The topological polar surface area (TPSA) is 55.9 Å². The predicted octanol–water partition coefficient (Wildman–Crippen LogP) is 2.60. The lowest BCUT2D eigenvalue weighted by atomic mass is 9.98. The highest BCUT2D eigenvalue weighted by molar-refractivity contribution is 5.08. The van der Waals surface area contributed by atoms with Crippen molar-refractivity contribution in [2.45, 2.75) is 44.6 Å². The fourth-order valence-electron chi connectivity index (χ4n) is 2.58. The Balaban J connectivity index is 1.69. The van der Waals surface area contributed by atoms with Crippen LogP contribution in [0.15, 0.2) is 22.8 Å². The van der Waals surface area contributed by atoms with Gasteiger partial charge in [0.1, 0.15) is 23.3 Å². The molecule has 1 atom stereocenters. The zero-order valence-corrected chi connectivity index (χ0v) is 11.2. The van der Waals surface area contributed by atoms with E-state index in [1.165, 1.54) is 0 Å².